The van der Waals surface area contributed by atoms with Gasteiger partial charge in [-0.05, 0) is 42.2 Å². The van der Waals surface area contributed by atoms with E-state index in [-0.39, 0.29) is 6.03 Å². The number of para-hydroxylation sites is 1. The highest BCUT2D eigenvalue weighted by atomic mass is 16.5. The van der Waals surface area contributed by atoms with E-state index < -0.39 is 0 Å². The Hall–Kier alpha value is -3.00. The van der Waals surface area contributed by atoms with Crippen molar-refractivity contribution in [2.75, 3.05) is 18.5 Å². The summed E-state index contributed by atoms with van der Waals surface area (Å²) in [4.78, 5) is 11.9. The van der Waals surface area contributed by atoms with E-state index in [4.69, 9.17) is 10.00 Å². The van der Waals surface area contributed by atoms with Crippen LogP contribution in [-0.4, -0.2) is 19.2 Å². The van der Waals surface area contributed by atoms with E-state index in [1.54, 1.807) is 24.3 Å². The zero-order chi connectivity index (χ0) is 18.2. The molecule has 0 atom stereocenters. The van der Waals surface area contributed by atoms with E-state index in [1.165, 1.54) is 0 Å². The number of ether oxygens (including phenoxy) is 1. The van der Waals surface area contributed by atoms with Gasteiger partial charge in [0.25, 0.3) is 0 Å². The van der Waals surface area contributed by atoms with Gasteiger partial charge in [0.05, 0.1) is 17.8 Å². The smallest absolute Gasteiger partial charge is 0.319 e. The molecule has 0 saturated heterocycles. The summed E-state index contributed by atoms with van der Waals surface area (Å²) in [6.45, 7) is 7.00. The van der Waals surface area contributed by atoms with E-state index in [0.717, 1.165) is 16.9 Å². The van der Waals surface area contributed by atoms with E-state index in [1.807, 2.05) is 19.1 Å². The summed E-state index contributed by atoms with van der Waals surface area (Å²) in [7, 11) is 0. The minimum Gasteiger partial charge on any atom is -0.491 e. The van der Waals surface area contributed by atoms with Gasteiger partial charge in [0, 0.05) is 0 Å². The van der Waals surface area contributed by atoms with Gasteiger partial charge in [0.2, 0.25) is 0 Å². The van der Waals surface area contributed by atoms with Crippen LogP contribution in [0.25, 0.3) is 0 Å². The lowest BCUT2D eigenvalue weighted by atomic mass is 10.0. The van der Waals surface area contributed by atoms with Crippen LogP contribution in [0.1, 0.15) is 36.5 Å². The molecule has 5 heteroatoms. The molecule has 25 heavy (non-hydrogen) atoms. The molecule has 0 aromatic heterocycles. The minimum atomic E-state index is -0.361. The Balaban J connectivity index is 1.84. The fourth-order valence-corrected chi connectivity index (χ4v) is 2.43. The van der Waals surface area contributed by atoms with Crippen LogP contribution >= 0.6 is 0 Å². The fraction of sp³-hybridized carbons (Fsp3) is 0.300. The zero-order valence-corrected chi connectivity index (χ0v) is 14.8. The van der Waals surface area contributed by atoms with E-state index >= 15 is 0 Å². The first-order valence-corrected chi connectivity index (χ1v) is 8.28. The van der Waals surface area contributed by atoms with Gasteiger partial charge in [0.1, 0.15) is 18.4 Å². The molecule has 2 aromatic rings. The molecule has 0 bridgehead atoms. The second kappa shape index (κ2) is 8.74. The maximum absolute atomic E-state index is 11.9. The fourth-order valence-electron chi connectivity index (χ4n) is 2.43. The maximum atomic E-state index is 11.9. The van der Waals surface area contributed by atoms with Crippen LogP contribution in [0.15, 0.2) is 42.5 Å². The molecule has 0 aliphatic carbocycles. The van der Waals surface area contributed by atoms with Crippen molar-refractivity contribution < 1.29 is 9.53 Å². The molecular formula is C20H23N3O2. The van der Waals surface area contributed by atoms with Crippen LogP contribution in [0, 0.1) is 18.3 Å². The van der Waals surface area contributed by atoms with E-state index in [9.17, 15) is 4.79 Å². The lowest BCUT2D eigenvalue weighted by Crippen LogP contribution is -2.32. The predicted octanol–water partition coefficient (Wildman–Crippen LogP) is 4.19. The van der Waals surface area contributed by atoms with Crippen molar-refractivity contribution >= 4 is 11.7 Å². The number of amides is 2. The van der Waals surface area contributed by atoms with Crippen LogP contribution in [0.2, 0.25) is 0 Å². The summed E-state index contributed by atoms with van der Waals surface area (Å²) < 4.78 is 5.83. The van der Waals surface area contributed by atoms with Gasteiger partial charge in [-0.2, -0.15) is 5.26 Å². The first-order chi connectivity index (χ1) is 12.0. The number of nitriles is 1. The van der Waals surface area contributed by atoms with Gasteiger partial charge in [-0.1, -0.05) is 38.1 Å². The molecule has 0 aliphatic rings. The van der Waals surface area contributed by atoms with Crippen molar-refractivity contribution in [2.45, 2.75) is 26.7 Å². The maximum Gasteiger partial charge on any atom is 0.319 e. The molecule has 0 fully saturated rings. The normalized spacial score (nSPS) is 10.2. The SMILES string of the molecule is Cc1ccc(C(C)C)c(OCCNC(=O)Nc2ccccc2C#N)c1. The lowest BCUT2D eigenvalue weighted by molar-refractivity contribution is 0.247. The summed E-state index contributed by atoms with van der Waals surface area (Å²) in [6, 6.07) is 14.7. The summed E-state index contributed by atoms with van der Waals surface area (Å²) in [5.74, 6) is 1.22. The van der Waals surface area contributed by atoms with E-state index in [0.29, 0.717) is 30.3 Å². The number of aryl methyl sites for hydroxylation is 1. The van der Waals surface area contributed by atoms with Gasteiger partial charge in [-0.15, -0.1) is 0 Å². The Morgan fingerprint density at radius 2 is 2.00 bits per heavy atom. The predicted molar refractivity (Wildman–Crippen MR) is 98.9 cm³/mol. The van der Waals surface area contributed by atoms with E-state index in [2.05, 4.69) is 36.6 Å². The minimum absolute atomic E-state index is 0.361. The molecule has 0 heterocycles. The number of urea groups is 1. The van der Waals surface area contributed by atoms with Crippen LogP contribution in [0.4, 0.5) is 10.5 Å². The molecule has 2 amide bonds. The third-order valence-electron chi connectivity index (χ3n) is 3.73. The molecule has 0 radical (unpaired) electrons. The summed E-state index contributed by atoms with van der Waals surface area (Å²) >= 11 is 0. The third kappa shape index (κ3) is 5.25. The number of hydrogen-bond donors (Lipinski definition) is 2. The Morgan fingerprint density at radius 3 is 2.72 bits per heavy atom. The molecule has 2 N–H and O–H groups in total. The molecule has 0 saturated carbocycles. The van der Waals surface area contributed by atoms with Crippen molar-refractivity contribution in [1.29, 1.82) is 5.26 Å². The summed E-state index contributed by atoms with van der Waals surface area (Å²) in [5.41, 5.74) is 3.20. The van der Waals surface area contributed by atoms with Gasteiger partial charge in [0.15, 0.2) is 0 Å². The van der Waals surface area contributed by atoms with Gasteiger partial charge in [-0.3, -0.25) is 0 Å². The van der Waals surface area contributed by atoms with Gasteiger partial charge in [-0.25, -0.2) is 4.79 Å². The molecule has 5 nitrogen and oxygen atoms in total. The van der Waals surface area contributed by atoms with Crippen LogP contribution < -0.4 is 15.4 Å². The highest BCUT2D eigenvalue weighted by Gasteiger charge is 2.09. The van der Waals surface area contributed by atoms with Gasteiger partial charge >= 0.3 is 6.03 Å². The Bertz CT molecular complexity index is 779. The topological polar surface area (TPSA) is 74.2 Å². The number of hydrogen-bond acceptors (Lipinski definition) is 3. The second-order valence-corrected chi connectivity index (χ2v) is 6.08. The molecular weight excluding hydrogens is 314 g/mol. The standard InChI is InChI=1S/C20H23N3O2/c1-14(2)17-9-8-15(3)12-19(17)25-11-10-22-20(24)23-18-7-5-4-6-16(18)13-21/h4-9,12,14H,10-11H2,1-3H3,(H2,22,23,24). The number of nitrogens with zero attached hydrogens (tertiary/aromatic N) is 1. The van der Waals surface area contributed by atoms with Crippen LogP contribution in [0.5, 0.6) is 5.75 Å². The van der Waals surface area contributed by atoms with Crippen molar-refractivity contribution in [3.8, 4) is 11.8 Å². The molecule has 0 unspecified atom stereocenters. The Morgan fingerprint density at radius 1 is 1.24 bits per heavy atom. The Kier molecular flexibility index (Phi) is 6.41. The number of carbonyl (C=O) groups is 1. The lowest BCUT2D eigenvalue weighted by Gasteiger charge is -2.15. The highest BCUT2D eigenvalue weighted by Crippen LogP contribution is 2.27. The molecule has 0 aliphatic heterocycles. The molecule has 130 valence electrons. The number of benzene rings is 2. The van der Waals surface area contributed by atoms with Crippen molar-refractivity contribution in [3.63, 3.8) is 0 Å². The van der Waals surface area contributed by atoms with Gasteiger partial charge < -0.3 is 15.4 Å². The number of anilines is 1. The largest absolute Gasteiger partial charge is 0.491 e. The first kappa shape index (κ1) is 18.3. The highest BCUT2D eigenvalue weighted by molar-refractivity contribution is 5.90. The van der Waals surface area contributed by atoms with Crippen LogP contribution in [0.3, 0.4) is 0 Å². The molecule has 2 rings (SSSR count). The number of carbonyl (C=O) groups excluding carboxylic acids is 1. The Labute approximate surface area is 148 Å². The van der Waals surface area contributed by atoms with Crippen LogP contribution in [-0.2, 0) is 0 Å². The second-order valence-electron chi connectivity index (χ2n) is 6.08. The zero-order valence-electron chi connectivity index (χ0n) is 14.8. The van der Waals surface area contributed by atoms with Crippen molar-refractivity contribution in [3.05, 3.63) is 59.2 Å². The molecule has 2 aromatic carbocycles. The monoisotopic (exact) mass is 337 g/mol. The third-order valence-corrected chi connectivity index (χ3v) is 3.73. The average molecular weight is 337 g/mol. The number of nitrogens with one attached hydrogen (secondary N) is 2. The average Bonchev–Trinajstić information content (AvgIpc) is 2.59. The summed E-state index contributed by atoms with van der Waals surface area (Å²) in [6.07, 6.45) is 0. The molecule has 0 spiro atoms. The van der Waals surface area contributed by atoms with Crippen molar-refractivity contribution in [2.24, 2.45) is 0 Å². The van der Waals surface area contributed by atoms with Crippen molar-refractivity contribution in [1.82, 2.24) is 5.32 Å². The quantitative estimate of drug-likeness (QED) is 0.776. The number of rotatable bonds is 6. The summed E-state index contributed by atoms with van der Waals surface area (Å²) in [5, 5.41) is 14.4. The first-order valence-electron chi connectivity index (χ1n) is 8.28.